The van der Waals surface area contributed by atoms with Gasteiger partial charge in [-0.2, -0.15) is 0 Å². The highest BCUT2D eigenvalue weighted by Gasteiger charge is 2.03. The summed E-state index contributed by atoms with van der Waals surface area (Å²) < 4.78 is 5.17. The first-order valence-corrected chi connectivity index (χ1v) is 7.18. The van der Waals surface area contributed by atoms with Crippen LogP contribution in [0.4, 0.5) is 0 Å². The maximum atomic E-state index is 5.17. The van der Waals surface area contributed by atoms with E-state index in [4.69, 9.17) is 4.74 Å². The maximum Gasteiger partial charge on any atom is 0.118 e. The largest absolute Gasteiger partial charge is 0.497 e. The number of hydrogen-bond donors (Lipinski definition) is 1. The van der Waals surface area contributed by atoms with E-state index in [1.165, 1.54) is 11.1 Å². The Morgan fingerprint density at radius 2 is 1.62 bits per heavy atom. The Hall–Kier alpha value is -1.51. The van der Waals surface area contributed by atoms with Gasteiger partial charge < -0.3 is 10.1 Å². The molecule has 0 aliphatic heterocycles. The summed E-state index contributed by atoms with van der Waals surface area (Å²) in [6.07, 6.45) is 2.12. The number of hydrogen-bond acceptors (Lipinski definition) is 2. The summed E-state index contributed by atoms with van der Waals surface area (Å²) in [5, 5.41) is 3.58. The summed E-state index contributed by atoms with van der Waals surface area (Å²) in [6, 6.07) is 19.4. The Kier molecular flexibility index (Phi) is 7.88. The minimum absolute atomic E-state index is 0. The number of nitrogens with one attached hydrogen (secondary N) is 1. The molecule has 21 heavy (non-hydrogen) atoms. The van der Waals surface area contributed by atoms with Crippen molar-refractivity contribution in [2.45, 2.75) is 25.8 Å². The fourth-order valence-corrected chi connectivity index (χ4v) is 2.29. The van der Waals surface area contributed by atoms with Crippen molar-refractivity contribution in [3.8, 4) is 5.75 Å². The van der Waals surface area contributed by atoms with Gasteiger partial charge in [-0.1, -0.05) is 42.5 Å². The molecule has 2 aromatic rings. The summed E-state index contributed by atoms with van der Waals surface area (Å²) in [4.78, 5) is 0. The SMILES string of the molecule is COc1ccc(C[C@@H](C)NCCc2ccccc2)cc1.Cl. The third kappa shape index (κ3) is 6.19. The molecule has 0 saturated carbocycles. The fraction of sp³-hybridized carbons (Fsp3) is 0.333. The summed E-state index contributed by atoms with van der Waals surface area (Å²) >= 11 is 0. The zero-order chi connectivity index (χ0) is 14.2. The predicted octanol–water partition coefficient (Wildman–Crippen LogP) is 3.88. The van der Waals surface area contributed by atoms with Gasteiger partial charge in [-0.15, -0.1) is 12.4 Å². The quantitative estimate of drug-likeness (QED) is 0.838. The first-order valence-electron chi connectivity index (χ1n) is 7.18. The van der Waals surface area contributed by atoms with Crippen molar-refractivity contribution < 1.29 is 4.74 Å². The van der Waals surface area contributed by atoms with Crippen LogP contribution in [0, 0.1) is 0 Å². The maximum absolute atomic E-state index is 5.17. The molecule has 0 aliphatic rings. The lowest BCUT2D eigenvalue weighted by Crippen LogP contribution is -2.29. The fourth-order valence-electron chi connectivity index (χ4n) is 2.29. The molecular formula is C18H24ClNO. The Morgan fingerprint density at radius 1 is 0.952 bits per heavy atom. The molecule has 0 fully saturated rings. The lowest BCUT2D eigenvalue weighted by molar-refractivity contribution is 0.414. The van der Waals surface area contributed by atoms with Crippen molar-refractivity contribution in [2.75, 3.05) is 13.7 Å². The molecule has 0 saturated heterocycles. The van der Waals surface area contributed by atoms with Crippen LogP contribution in [0.5, 0.6) is 5.75 Å². The van der Waals surface area contributed by atoms with E-state index in [0.717, 1.165) is 25.1 Å². The molecule has 1 atom stereocenters. The Balaban J connectivity index is 0.00000220. The molecule has 0 aromatic heterocycles. The van der Waals surface area contributed by atoms with Gasteiger partial charge in [-0.3, -0.25) is 0 Å². The van der Waals surface area contributed by atoms with E-state index >= 15 is 0 Å². The van der Waals surface area contributed by atoms with Crippen molar-refractivity contribution in [1.82, 2.24) is 5.32 Å². The third-order valence-corrected chi connectivity index (χ3v) is 3.45. The van der Waals surface area contributed by atoms with Crippen LogP contribution in [0.1, 0.15) is 18.1 Å². The lowest BCUT2D eigenvalue weighted by Gasteiger charge is -2.14. The van der Waals surface area contributed by atoms with Gasteiger partial charge in [0.2, 0.25) is 0 Å². The van der Waals surface area contributed by atoms with Gasteiger partial charge in [-0.05, 0) is 49.6 Å². The lowest BCUT2D eigenvalue weighted by atomic mass is 10.1. The van der Waals surface area contributed by atoms with E-state index in [0.29, 0.717) is 6.04 Å². The van der Waals surface area contributed by atoms with Crippen LogP contribution in [0.15, 0.2) is 54.6 Å². The van der Waals surface area contributed by atoms with Crippen LogP contribution >= 0.6 is 12.4 Å². The van der Waals surface area contributed by atoms with Crippen molar-refractivity contribution in [2.24, 2.45) is 0 Å². The molecule has 114 valence electrons. The van der Waals surface area contributed by atoms with E-state index in [1.807, 2.05) is 12.1 Å². The molecule has 3 heteroatoms. The van der Waals surface area contributed by atoms with Gasteiger partial charge in [0.1, 0.15) is 5.75 Å². The minimum atomic E-state index is 0. The molecule has 0 heterocycles. The second-order valence-electron chi connectivity index (χ2n) is 5.14. The number of benzene rings is 2. The van der Waals surface area contributed by atoms with Gasteiger partial charge >= 0.3 is 0 Å². The van der Waals surface area contributed by atoms with Crippen LogP contribution in [0.25, 0.3) is 0 Å². The molecule has 0 radical (unpaired) electrons. The molecule has 0 bridgehead atoms. The molecule has 0 aliphatic carbocycles. The number of methoxy groups -OCH3 is 1. The average molecular weight is 306 g/mol. The molecule has 0 amide bonds. The van der Waals surface area contributed by atoms with E-state index in [9.17, 15) is 0 Å². The minimum Gasteiger partial charge on any atom is -0.497 e. The van der Waals surface area contributed by atoms with Gasteiger partial charge in [0.25, 0.3) is 0 Å². The Bertz CT molecular complexity index is 498. The molecule has 2 rings (SSSR count). The standard InChI is InChI=1S/C18H23NO.ClH/c1-15(14-17-8-10-18(20-2)11-9-17)19-13-12-16-6-4-3-5-7-16;/h3-11,15,19H,12-14H2,1-2H3;1H/t15-;/m1./s1. The van der Waals surface area contributed by atoms with Crippen molar-refractivity contribution in [3.05, 3.63) is 65.7 Å². The second kappa shape index (κ2) is 9.43. The molecule has 1 N–H and O–H groups in total. The van der Waals surface area contributed by atoms with Gasteiger partial charge in [-0.25, -0.2) is 0 Å². The smallest absolute Gasteiger partial charge is 0.118 e. The molecule has 2 aromatic carbocycles. The number of ether oxygens (including phenoxy) is 1. The van der Waals surface area contributed by atoms with Crippen LogP contribution in [0.3, 0.4) is 0 Å². The van der Waals surface area contributed by atoms with Gasteiger partial charge in [0.05, 0.1) is 7.11 Å². The summed E-state index contributed by atoms with van der Waals surface area (Å²) in [5.74, 6) is 0.915. The highest BCUT2D eigenvalue weighted by atomic mass is 35.5. The van der Waals surface area contributed by atoms with Crippen molar-refractivity contribution in [3.63, 3.8) is 0 Å². The summed E-state index contributed by atoms with van der Waals surface area (Å²) in [7, 11) is 1.70. The molecule has 2 nitrogen and oxygen atoms in total. The van der Waals surface area contributed by atoms with Gasteiger partial charge in [0.15, 0.2) is 0 Å². The number of rotatable bonds is 7. The normalized spacial score (nSPS) is 11.5. The summed E-state index contributed by atoms with van der Waals surface area (Å²) in [6.45, 7) is 3.25. The number of halogens is 1. The first kappa shape index (κ1) is 17.5. The monoisotopic (exact) mass is 305 g/mol. The zero-order valence-electron chi connectivity index (χ0n) is 12.7. The Labute approximate surface area is 133 Å². The van der Waals surface area contributed by atoms with E-state index < -0.39 is 0 Å². The van der Waals surface area contributed by atoms with Crippen LogP contribution in [0.2, 0.25) is 0 Å². The van der Waals surface area contributed by atoms with Crippen molar-refractivity contribution >= 4 is 12.4 Å². The molecule has 0 spiro atoms. The highest BCUT2D eigenvalue weighted by Crippen LogP contribution is 2.12. The molecular weight excluding hydrogens is 282 g/mol. The predicted molar refractivity (Wildman–Crippen MR) is 91.6 cm³/mol. The highest BCUT2D eigenvalue weighted by molar-refractivity contribution is 5.85. The van der Waals surface area contributed by atoms with Crippen LogP contribution < -0.4 is 10.1 Å². The second-order valence-corrected chi connectivity index (χ2v) is 5.14. The van der Waals surface area contributed by atoms with Crippen LogP contribution in [-0.2, 0) is 12.8 Å². The Morgan fingerprint density at radius 3 is 2.24 bits per heavy atom. The summed E-state index contributed by atoms with van der Waals surface area (Å²) in [5.41, 5.74) is 2.72. The van der Waals surface area contributed by atoms with Gasteiger partial charge in [0, 0.05) is 6.04 Å². The average Bonchev–Trinajstić information content (AvgIpc) is 2.49. The van der Waals surface area contributed by atoms with Crippen LogP contribution in [-0.4, -0.2) is 19.7 Å². The van der Waals surface area contributed by atoms with E-state index in [2.05, 4.69) is 54.7 Å². The third-order valence-electron chi connectivity index (χ3n) is 3.45. The topological polar surface area (TPSA) is 21.3 Å². The zero-order valence-corrected chi connectivity index (χ0v) is 13.5. The first-order chi connectivity index (χ1) is 9.78. The molecule has 0 unspecified atom stereocenters. The van der Waals surface area contributed by atoms with E-state index in [1.54, 1.807) is 7.11 Å². The van der Waals surface area contributed by atoms with Crippen molar-refractivity contribution in [1.29, 1.82) is 0 Å². The van der Waals surface area contributed by atoms with E-state index in [-0.39, 0.29) is 12.4 Å².